The molecule has 0 bridgehead atoms. The van der Waals surface area contributed by atoms with E-state index in [2.05, 4.69) is 40.6 Å². The molecule has 0 aliphatic carbocycles. The average molecular weight is 231 g/mol. The van der Waals surface area contributed by atoms with Crippen molar-refractivity contribution in [1.82, 2.24) is 0 Å². The Morgan fingerprint density at radius 3 is 2.94 bits per heavy atom. The summed E-state index contributed by atoms with van der Waals surface area (Å²) < 4.78 is 5.57. The van der Waals surface area contributed by atoms with E-state index in [0.29, 0.717) is 6.73 Å². The molecule has 1 aliphatic heterocycles. The van der Waals surface area contributed by atoms with Crippen LogP contribution in [0.4, 0.5) is 5.00 Å². The molecule has 0 fully saturated rings. The van der Waals surface area contributed by atoms with Crippen LogP contribution in [0.2, 0.25) is 0 Å². The highest BCUT2D eigenvalue weighted by Crippen LogP contribution is 2.32. The molecule has 0 atom stereocenters. The maximum atomic E-state index is 5.57. The first-order valence-electron chi connectivity index (χ1n) is 5.36. The van der Waals surface area contributed by atoms with Crippen molar-refractivity contribution in [2.45, 2.75) is 13.2 Å². The van der Waals surface area contributed by atoms with Gasteiger partial charge in [0.15, 0.2) is 0 Å². The average Bonchev–Trinajstić information content (AvgIpc) is 2.80. The van der Waals surface area contributed by atoms with Crippen molar-refractivity contribution in [2.24, 2.45) is 0 Å². The van der Waals surface area contributed by atoms with Gasteiger partial charge in [-0.2, -0.15) is 0 Å². The van der Waals surface area contributed by atoms with Gasteiger partial charge in [0.05, 0.1) is 11.6 Å². The Bertz CT molecular complexity index is 466. The van der Waals surface area contributed by atoms with E-state index in [-0.39, 0.29) is 0 Å². The molecular formula is C13H13NOS. The van der Waals surface area contributed by atoms with Crippen molar-refractivity contribution in [3.05, 3.63) is 52.9 Å². The van der Waals surface area contributed by atoms with Crippen molar-refractivity contribution >= 4 is 16.3 Å². The zero-order valence-electron chi connectivity index (χ0n) is 8.93. The number of fused-ring (bicyclic) bond motifs is 1. The summed E-state index contributed by atoms with van der Waals surface area (Å²) in [5, 5.41) is 3.49. The summed E-state index contributed by atoms with van der Waals surface area (Å²) in [5.74, 6) is 0. The SMILES string of the molecule is c1ccc(CN2COCc3ccsc32)cc1. The number of thiophene rings is 1. The lowest BCUT2D eigenvalue weighted by Crippen LogP contribution is -2.29. The number of benzene rings is 1. The normalized spacial score (nSPS) is 14.9. The quantitative estimate of drug-likeness (QED) is 0.786. The maximum absolute atomic E-state index is 5.57. The number of hydrogen-bond acceptors (Lipinski definition) is 3. The lowest BCUT2D eigenvalue weighted by Gasteiger charge is -2.28. The molecule has 0 radical (unpaired) electrons. The predicted molar refractivity (Wildman–Crippen MR) is 66.6 cm³/mol. The van der Waals surface area contributed by atoms with Gasteiger partial charge in [-0.05, 0) is 17.0 Å². The van der Waals surface area contributed by atoms with E-state index in [9.17, 15) is 0 Å². The number of hydrogen-bond donors (Lipinski definition) is 0. The molecule has 0 unspecified atom stereocenters. The molecule has 82 valence electrons. The van der Waals surface area contributed by atoms with Gasteiger partial charge in [0.1, 0.15) is 6.73 Å². The van der Waals surface area contributed by atoms with Gasteiger partial charge in [-0.3, -0.25) is 0 Å². The van der Waals surface area contributed by atoms with Crippen LogP contribution in [0.15, 0.2) is 41.8 Å². The summed E-state index contributed by atoms with van der Waals surface area (Å²) in [6.07, 6.45) is 0. The van der Waals surface area contributed by atoms with Crippen molar-refractivity contribution in [2.75, 3.05) is 11.6 Å². The molecule has 1 aliphatic rings. The zero-order valence-corrected chi connectivity index (χ0v) is 9.74. The Morgan fingerprint density at radius 2 is 2.06 bits per heavy atom. The monoisotopic (exact) mass is 231 g/mol. The van der Waals surface area contributed by atoms with Crippen LogP contribution in [0.5, 0.6) is 0 Å². The maximum Gasteiger partial charge on any atom is 0.120 e. The van der Waals surface area contributed by atoms with Crippen LogP contribution in [-0.2, 0) is 17.9 Å². The molecule has 2 nitrogen and oxygen atoms in total. The second kappa shape index (κ2) is 4.28. The molecule has 0 saturated carbocycles. The molecule has 3 heteroatoms. The summed E-state index contributed by atoms with van der Waals surface area (Å²) in [7, 11) is 0. The number of rotatable bonds is 2. The van der Waals surface area contributed by atoms with Crippen LogP contribution in [0.3, 0.4) is 0 Å². The van der Waals surface area contributed by atoms with Crippen LogP contribution < -0.4 is 4.90 Å². The Hall–Kier alpha value is -1.32. The van der Waals surface area contributed by atoms with Crippen LogP contribution >= 0.6 is 11.3 Å². The summed E-state index contributed by atoms with van der Waals surface area (Å²) >= 11 is 1.80. The molecule has 0 spiro atoms. The van der Waals surface area contributed by atoms with Gasteiger partial charge in [0.25, 0.3) is 0 Å². The molecule has 2 aromatic rings. The van der Waals surface area contributed by atoms with Gasteiger partial charge in [-0.25, -0.2) is 0 Å². The van der Waals surface area contributed by atoms with Gasteiger partial charge in [-0.1, -0.05) is 30.3 Å². The Labute approximate surface area is 99.1 Å². The highest BCUT2D eigenvalue weighted by Gasteiger charge is 2.18. The van der Waals surface area contributed by atoms with Crippen molar-refractivity contribution in [1.29, 1.82) is 0 Å². The Kier molecular flexibility index (Phi) is 2.64. The van der Waals surface area contributed by atoms with Crippen LogP contribution in [-0.4, -0.2) is 6.73 Å². The fraction of sp³-hybridized carbons (Fsp3) is 0.231. The van der Waals surface area contributed by atoms with E-state index in [0.717, 1.165) is 13.2 Å². The zero-order chi connectivity index (χ0) is 10.8. The molecule has 0 amide bonds. The topological polar surface area (TPSA) is 12.5 Å². The standard InChI is InChI=1S/C13H13NOS/c1-2-4-11(5-3-1)8-14-10-15-9-12-6-7-16-13(12)14/h1-7H,8-10H2. The van der Waals surface area contributed by atoms with Gasteiger partial charge in [-0.15, -0.1) is 11.3 Å². The second-order valence-electron chi connectivity index (χ2n) is 3.91. The largest absolute Gasteiger partial charge is 0.356 e. The Balaban J connectivity index is 1.83. The predicted octanol–water partition coefficient (Wildman–Crippen LogP) is 3.24. The van der Waals surface area contributed by atoms with E-state index in [1.165, 1.54) is 16.1 Å². The van der Waals surface area contributed by atoms with Crippen LogP contribution in [0.25, 0.3) is 0 Å². The van der Waals surface area contributed by atoms with Crippen LogP contribution in [0, 0.1) is 0 Å². The molecule has 2 heterocycles. The summed E-state index contributed by atoms with van der Waals surface area (Å²) in [6.45, 7) is 2.38. The lowest BCUT2D eigenvalue weighted by molar-refractivity contribution is 0.110. The molecule has 0 N–H and O–H groups in total. The first kappa shape index (κ1) is 9.87. The molecule has 1 aromatic carbocycles. The van der Waals surface area contributed by atoms with E-state index in [4.69, 9.17) is 4.74 Å². The second-order valence-corrected chi connectivity index (χ2v) is 4.81. The third kappa shape index (κ3) is 1.84. The van der Waals surface area contributed by atoms with E-state index >= 15 is 0 Å². The Morgan fingerprint density at radius 1 is 1.19 bits per heavy atom. The minimum absolute atomic E-state index is 0.697. The fourth-order valence-electron chi connectivity index (χ4n) is 1.96. The minimum atomic E-state index is 0.697. The summed E-state index contributed by atoms with van der Waals surface area (Å²) in [6, 6.07) is 12.7. The van der Waals surface area contributed by atoms with Gasteiger partial charge in [0.2, 0.25) is 0 Å². The highest BCUT2D eigenvalue weighted by atomic mass is 32.1. The molecule has 16 heavy (non-hydrogen) atoms. The molecular weight excluding hydrogens is 218 g/mol. The van der Waals surface area contributed by atoms with Gasteiger partial charge >= 0.3 is 0 Å². The minimum Gasteiger partial charge on any atom is -0.356 e. The van der Waals surface area contributed by atoms with Gasteiger partial charge in [0, 0.05) is 12.1 Å². The van der Waals surface area contributed by atoms with E-state index in [1.807, 2.05) is 6.07 Å². The molecule has 3 rings (SSSR count). The van der Waals surface area contributed by atoms with Crippen molar-refractivity contribution in [3.8, 4) is 0 Å². The smallest absolute Gasteiger partial charge is 0.120 e. The van der Waals surface area contributed by atoms with E-state index in [1.54, 1.807) is 11.3 Å². The van der Waals surface area contributed by atoms with Crippen molar-refractivity contribution < 1.29 is 4.74 Å². The fourth-order valence-corrected chi connectivity index (χ4v) is 2.87. The summed E-state index contributed by atoms with van der Waals surface area (Å²) in [4.78, 5) is 2.29. The highest BCUT2D eigenvalue weighted by molar-refractivity contribution is 7.14. The molecule has 1 aromatic heterocycles. The van der Waals surface area contributed by atoms with Crippen LogP contribution in [0.1, 0.15) is 11.1 Å². The van der Waals surface area contributed by atoms with Crippen molar-refractivity contribution in [3.63, 3.8) is 0 Å². The molecule has 0 saturated heterocycles. The third-order valence-corrected chi connectivity index (χ3v) is 3.75. The first-order chi connectivity index (χ1) is 7.93. The third-order valence-electron chi connectivity index (χ3n) is 2.73. The number of nitrogens with zero attached hydrogens (tertiary/aromatic N) is 1. The number of anilines is 1. The summed E-state index contributed by atoms with van der Waals surface area (Å²) in [5.41, 5.74) is 2.64. The number of ether oxygens (including phenoxy) is 1. The first-order valence-corrected chi connectivity index (χ1v) is 6.24. The van der Waals surface area contributed by atoms with Gasteiger partial charge < -0.3 is 9.64 Å². The van der Waals surface area contributed by atoms with E-state index < -0.39 is 0 Å². The lowest BCUT2D eigenvalue weighted by atomic mass is 10.2.